The number of para-hydroxylation sites is 1. The summed E-state index contributed by atoms with van der Waals surface area (Å²) in [4.78, 5) is 22.1. The van der Waals surface area contributed by atoms with Gasteiger partial charge in [0.15, 0.2) is 4.99 Å². The molecule has 25 heavy (non-hydrogen) atoms. The third-order valence-electron chi connectivity index (χ3n) is 3.13. The van der Waals surface area contributed by atoms with Crippen molar-refractivity contribution in [2.75, 3.05) is 23.7 Å². The summed E-state index contributed by atoms with van der Waals surface area (Å²) in [7, 11) is 0. The lowest BCUT2D eigenvalue weighted by molar-refractivity contribution is -0.384. The van der Waals surface area contributed by atoms with Crippen molar-refractivity contribution in [1.29, 1.82) is 0 Å². The van der Waals surface area contributed by atoms with E-state index >= 15 is 0 Å². The summed E-state index contributed by atoms with van der Waals surface area (Å²) in [6.45, 7) is 0.810. The van der Waals surface area contributed by atoms with E-state index in [-0.39, 0.29) is 15.7 Å². The maximum Gasteiger partial charge on any atom is 0.283 e. The van der Waals surface area contributed by atoms with Crippen LogP contribution in [-0.2, 0) is 4.79 Å². The lowest BCUT2D eigenvalue weighted by Gasteiger charge is -2.11. The van der Waals surface area contributed by atoms with Gasteiger partial charge in [0.1, 0.15) is 0 Å². The number of carbonyl (C=O) groups excluding carboxylic acids is 1. The Balaban J connectivity index is 1.76. The fourth-order valence-electron chi connectivity index (χ4n) is 1.92. The first-order chi connectivity index (χ1) is 12.0. The van der Waals surface area contributed by atoms with Crippen LogP contribution >= 0.6 is 23.8 Å². The number of anilines is 2. The number of carbonyl (C=O) groups is 1. The molecule has 2 aromatic rings. The summed E-state index contributed by atoms with van der Waals surface area (Å²) in [5, 5.41) is 19.4. The molecule has 0 saturated heterocycles. The first kappa shape index (κ1) is 18.6. The Bertz CT molecular complexity index is 786. The van der Waals surface area contributed by atoms with E-state index in [0.29, 0.717) is 24.5 Å². The molecule has 2 aromatic carbocycles. The van der Waals surface area contributed by atoms with Gasteiger partial charge in [-0.2, -0.15) is 0 Å². The van der Waals surface area contributed by atoms with Crippen LogP contribution in [0.15, 0.2) is 48.5 Å². The fourth-order valence-corrected chi connectivity index (χ4v) is 2.32. The highest BCUT2D eigenvalue weighted by Gasteiger charge is 2.10. The molecule has 0 saturated carbocycles. The van der Waals surface area contributed by atoms with Crippen molar-refractivity contribution in [2.24, 2.45) is 0 Å². The van der Waals surface area contributed by atoms with Gasteiger partial charge in [-0.3, -0.25) is 14.9 Å². The highest BCUT2D eigenvalue weighted by Crippen LogP contribution is 2.26. The van der Waals surface area contributed by atoms with E-state index < -0.39 is 10.8 Å². The smallest absolute Gasteiger partial charge is 0.283 e. The molecule has 3 N–H and O–H groups in total. The molecule has 9 heteroatoms. The second-order valence-electron chi connectivity index (χ2n) is 4.92. The lowest BCUT2D eigenvalue weighted by atomic mass is 10.3. The molecule has 0 fully saturated rings. The SMILES string of the molecule is O=C(Nc1ccccc1)C(=S)NCCNc1ccc([N+](=O)[O-])cc1Cl. The monoisotopic (exact) mass is 378 g/mol. The molecule has 7 nitrogen and oxygen atoms in total. The van der Waals surface area contributed by atoms with Crippen LogP contribution in [0.4, 0.5) is 17.1 Å². The van der Waals surface area contributed by atoms with Crippen LogP contribution in [0.1, 0.15) is 0 Å². The number of amides is 1. The van der Waals surface area contributed by atoms with Crippen LogP contribution in [0.2, 0.25) is 5.02 Å². The van der Waals surface area contributed by atoms with Gasteiger partial charge in [-0.1, -0.05) is 42.0 Å². The molecule has 0 bridgehead atoms. The summed E-state index contributed by atoms with van der Waals surface area (Å²) in [5.41, 5.74) is 1.15. The number of thiocarbonyl (C=S) groups is 1. The molecule has 0 spiro atoms. The van der Waals surface area contributed by atoms with Crippen LogP contribution in [0.3, 0.4) is 0 Å². The molecule has 0 aliphatic carbocycles. The van der Waals surface area contributed by atoms with Crippen molar-refractivity contribution in [3.63, 3.8) is 0 Å². The van der Waals surface area contributed by atoms with E-state index in [1.165, 1.54) is 18.2 Å². The Labute approximate surface area is 154 Å². The van der Waals surface area contributed by atoms with Crippen molar-refractivity contribution in [3.05, 3.63) is 63.7 Å². The molecule has 130 valence electrons. The molecular formula is C16H15ClN4O3S. The minimum absolute atomic E-state index is 0.0699. The van der Waals surface area contributed by atoms with Crippen molar-refractivity contribution < 1.29 is 9.72 Å². The van der Waals surface area contributed by atoms with Gasteiger partial charge in [0.2, 0.25) is 0 Å². The highest BCUT2D eigenvalue weighted by molar-refractivity contribution is 7.82. The van der Waals surface area contributed by atoms with Crippen LogP contribution < -0.4 is 16.0 Å². The molecule has 2 rings (SSSR count). The second kappa shape index (κ2) is 8.95. The van der Waals surface area contributed by atoms with Crippen molar-refractivity contribution in [3.8, 4) is 0 Å². The summed E-state index contributed by atoms with van der Waals surface area (Å²) in [5.74, 6) is -0.394. The molecule has 0 radical (unpaired) electrons. The molecule has 0 aromatic heterocycles. The van der Waals surface area contributed by atoms with E-state index in [2.05, 4.69) is 16.0 Å². The van der Waals surface area contributed by atoms with Crippen LogP contribution in [0, 0.1) is 10.1 Å². The van der Waals surface area contributed by atoms with E-state index in [1.807, 2.05) is 18.2 Å². The van der Waals surface area contributed by atoms with Gasteiger partial charge in [0.05, 0.1) is 15.6 Å². The zero-order chi connectivity index (χ0) is 18.2. The number of rotatable bonds is 6. The summed E-state index contributed by atoms with van der Waals surface area (Å²) < 4.78 is 0. The lowest BCUT2D eigenvalue weighted by Crippen LogP contribution is -2.36. The fraction of sp³-hybridized carbons (Fsp3) is 0.125. The molecule has 0 atom stereocenters. The third kappa shape index (κ3) is 5.70. The van der Waals surface area contributed by atoms with Crippen LogP contribution in [0.25, 0.3) is 0 Å². The number of halogens is 1. The molecule has 0 aliphatic heterocycles. The first-order valence-electron chi connectivity index (χ1n) is 7.29. The Hall–Kier alpha value is -2.71. The van der Waals surface area contributed by atoms with E-state index in [4.69, 9.17) is 23.8 Å². The summed E-state index contributed by atoms with van der Waals surface area (Å²) in [6, 6.07) is 13.2. The number of nitro benzene ring substituents is 1. The second-order valence-corrected chi connectivity index (χ2v) is 5.74. The summed E-state index contributed by atoms with van der Waals surface area (Å²) >= 11 is 11.0. The van der Waals surface area contributed by atoms with Crippen molar-refractivity contribution >= 4 is 51.8 Å². The topological polar surface area (TPSA) is 96.3 Å². The number of hydrogen-bond acceptors (Lipinski definition) is 5. The minimum atomic E-state index is -0.513. The first-order valence-corrected chi connectivity index (χ1v) is 8.08. The number of non-ortho nitro benzene ring substituents is 1. The number of nitrogens with one attached hydrogen (secondary N) is 3. The van der Waals surface area contributed by atoms with Gasteiger partial charge < -0.3 is 16.0 Å². The normalized spacial score (nSPS) is 9.96. The number of benzene rings is 2. The molecule has 0 heterocycles. The van der Waals surface area contributed by atoms with Gasteiger partial charge >= 0.3 is 0 Å². The Morgan fingerprint density at radius 1 is 1.16 bits per heavy atom. The molecular weight excluding hydrogens is 364 g/mol. The maximum absolute atomic E-state index is 11.9. The highest BCUT2D eigenvalue weighted by atomic mass is 35.5. The zero-order valence-corrected chi connectivity index (χ0v) is 14.6. The van der Waals surface area contributed by atoms with Crippen molar-refractivity contribution in [2.45, 2.75) is 0 Å². The maximum atomic E-state index is 11.9. The predicted octanol–water partition coefficient (Wildman–Crippen LogP) is 3.22. The van der Waals surface area contributed by atoms with Gasteiger partial charge in [0, 0.05) is 30.9 Å². The van der Waals surface area contributed by atoms with Gasteiger partial charge in [-0.15, -0.1) is 0 Å². The number of nitro groups is 1. The number of nitrogens with zero attached hydrogens (tertiary/aromatic N) is 1. The van der Waals surface area contributed by atoms with Crippen LogP contribution in [0.5, 0.6) is 0 Å². The Morgan fingerprint density at radius 2 is 1.88 bits per heavy atom. The Morgan fingerprint density at radius 3 is 2.52 bits per heavy atom. The standard InChI is InChI=1S/C16H15ClN4O3S/c17-13-10-12(21(23)24)6-7-14(13)18-8-9-19-16(25)15(22)20-11-4-2-1-3-5-11/h1-7,10,18H,8-9H2,(H,19,25)(H,20,22). The summed E-state index contributed by atoms with van der Waals surface area (Å²) in [6.07, 6.45) is 0. The van der Waals surface area contributed by atoms with E-state index in [0.717, 1.165) is 0 Å². The zero-order valence-electron chi connectivity index (χ0n) is 13.0. The average Bonchev–Trinajstić information content (AvgIpc) is 2.60. The van der Waals surface area contributed by atoms with E-state index in [1.54, 1.807) is 12.1 Å². The van der Waals surface area contributed by atoms with Gasteiger partial charge in [-0.25, -0.2) is 0 Å². The largest absolute Gasteiger partial charge is 0.382 e. The predicted molar refractivity (Wildman–Crippen MR) is 102 cm³/mol. The Kier molecular flexibility index (Phi) is 6.67. The van der Waals surface area contributed by atoms with Crippen molar-refractivity contribution in [1.82, 2.24) is 5.32 Å². The van der Waals surface area contributed by atoms with Gasteiger partial charge in [0.25, 0.3) is 11.6 Å². The number of hydrogen-bond donors (Lipinski definition) is 3. The molecule has 0 unspecified atom stereocenters. The third-order valence-corrected chi connectivity index (χ3v) is 3.77. The van der Waals surface area contributed by atoms with Gasteiger partial charge in [-0.05, 0) is 18.2 Å². The molecule has 0 aliphatic rings. The quantitative estimate of drug-likeness (QED) is 0.309. The van der Waals surface area contributed by atoms with Crippen LogP contribution in [-0.4, -0.2) is 28.9 Å². The molecule has 1 amide bonds. The van der Waals surface area contributed by atoms with E-state index in [9.17, 15) is 14.9 Å². The average molecular weight is 379 g/mol. The minimum Gasteiger partial charge on any atom is -0.382 e.